The number of carbonyl (C=O) groups is 1. The molecule has 0 spiro atoms. The molecule has 0 aliphatic carbocycles. The average molecular weight is 442 g/mol. The van der Waals surface area contributed by atoms with Crippen molar-refractivity contribution in [3.05, 3.63) is 65.7 Å². The molecule has 0 unspecified atom stereocenters. The first-order valence-electron chi connectivity index (χ1n) is 11.0. The van der Waals surface area contributed by atoms with Crippen LogP contribution in [0.5, 0.6) is 5.75 Å². The van der Waals surface area contributed by atoms with Crippen LogP contribution in [0.15, 0.2) is 54.6 Å². The van der Waals surface area contributed by atoms with Crippen molar-refractivity contribution in [2.75, 3.05) is 20.0 Å². The lowest BCUT2D eigenvalue weighted by molar-refractivity contribution is -0.289. The van der Waals surface area contributed by atoms with E-state index in [9.17, 15) is 4.79 Å². The van der Waals surface area contributed by atoms with Crippen LogP contribution < -0.4 is 4.74 Å². The minimum atomic E-state index is -0.745. The summed E-state index contributed by atoms with van der Waals surface area (Å²) in [4.78, 5) is 14.7. The number of methoxy groups -OCH3 is 2. The lowest BCUT2D eigenvalue weighted by Crippen LogP contribution is -2.57. The van der Waals surface area contributed by atoms with Crippen LogP contribution in [0.25, 0.3) is 0 Å². The molecule has 0 bridgehead atoms. The van der Waals surface area contributed by atoms with Crippen LogP contribution in [-0.2, 0) is 22.4 Å². The van der Waals surface area contributed by atoms with Crippen molar-refractivity contribution in [3.63, 3.8) is 0 Å². The molecule has 6 heteroatoms. The number of aryl methyl sites for hydroxylation is 1. The van der Waals surface area contributed by atoms with Crippen molar-refractivity contribution in [1.82, 2.24) is 4.90 Å². The normalized spacial score (nSPS) is 26.3. The molecule has 2 heterocycles. The second-order valence-corrected chi connectivity index (χ2v) is 9.21. The number of amides is 1. The van der Waals surface area contributed by atoms with Gasteiger partial charge in [0.2, 0.25) is 0 Å². The summed E-state index contributed by atoms with van der Waals surface area (Å²) in [5.41, 5.74) is 2.40. The molecule has 2 aliphatic heterocycles. The highest BCUT2D eigenvalue weighted by Crippen LogP contribution is 2.41. The fraction of sp³-hybridized carbons (Fsp3) is 0.480. The quantitative estimate of drug-likeness (QED) is 0.558. The van der Waals surface area contributed by atoms with Crippen molar-refractivity contribution < 1.29 is 19.0 Å². The molecule has 2 aromatic rings. The molecule has 5 nitrogen and oxygen atoms in total. The molecule has 2 saturated heterocycles. The Morgan fingerprint density at radius 1 is 1.10 bits per heavy atom. The summed E-state index contributed by atoms with van der Waals surface area (Å²) in [6, 6.07) is 18.3. The first-order valence-corrected chi connectivity index (χ1v) is 12.0. The zero-order valence-corrected chi connectivity index (χ0v) is 19.1. The Hall–Kier alpha value is -2.02. The minimum Gasteiger partial charge on any atom is -0.497 e. The summed E-state index contributed by atoms with van der Waals surface area (Å²) < 4.78 is 17.9. The number of nitrogens with zero attached hydrogens (tertiary/aromatic N) is 1. The second kappa shape index (κ2) is 10.1. The number of hydrogen-bond donors (Lipinski definition) is 0. The van der Waals surface area contributed by atoms with E-state index in [0.717, 1.165) is 43.4 Å². The number of carbonyl (C=O) groups excluding carboxylic acids is 1. The maximum atomic E-state index is 12.8. The fourth-order valence-electron chi connectivity index (χ4n) is 4.60. The van der Waals surface area contributed by atoms with Gasteiger partial charge in [0.15, 0.2) is 5.79 Å². The van der Waals surface area contributed by atoms with Crippen LogP contribution >= 0.6 is 11.8 Å². The summed E-state index contributed by atoms with van der Waals surface area (Å²) in [7, 11) is 3.38. The topological polar surface area (TPSA) is 48.0 Å². The van der Waals surface area contributed by atoms with Gasteiger partial charge in [-0.3, -0.25) is 4.79 Å². The third kappa shape index (κ3) is 5.08. The molecule has 4 rings (SSSR count). The first-order chi connectivity index (χ1) is 15.1. The summed E-state index contributed by atoms with van der Waals surface area (Å²) in [6.45, 7) is 0.545. The van der Waals surface area contributed by atoms with Crippen LogP contribution in [0.1, 0.15) is 36.8 Å². The van der Waals surface area contributed by atoms with Crippen molar-refractivity contribution in [2.24, 2.45) is 0 Å². The number of hydrogen-bond acceptors (Lipinski definition) is 5. The largest absolute Gasteiger partial charge is 0.497 e. The molecule has 0 N–H and O–H groups in total. The van der Waals surface area contributed by atoms with Gasteiger partial charge in [0.05, 0.1) is 19.3 Å². The van der Waals surface area contributed by atoms with Gasteiger partial charge in [-0.25, -0.2) is 0 Å². The Morgan fingerprint density at radius 2 is 1.87 bits per heavy atom. The molecule has 2 fully saturated rings. The highest BCUT2D eigenvalue weighted by atomic mass is 32.2. The van der Waals surface area contributed by atoms with E-state index >= 15 is 0 Å². The van der Waals surface area contributed by atoms with Crippen molar-refractivity contribution in [2.45, 2.75) is 56.6 Å². The first kappa shape index (κ1) is 22.2. The van der Waals surface area contributed by atoms with Crippen molar-refractivity contribution in [3.8, 4) is 5.75 Å². The molecule has 0 saturated carbocycles. The standard InChI is InChI=1S/C25H31NO4S/c1-28-21-13-11-20(12-14-21)17-26-23(18-31-24(26)27)25(29-2)16-6-9-22(30-25)15-10-19-7-4-3-5-8-19/h3-5,7-8,11-14,22-23H,6,9-10,15-18H2,1-2H3/t22-,23+,25-/m1/s1. The Kier molecular flexibility index (Phi) is 7.20. The highest BCUT2D eigenvalue weighted by Gasteiger charge is 2.51. The minimum absolute atomic E-state index is 0.0900. The van der Waals surface area contributed by atoms with Crippen LogP contribution in [0.2, 0.25) is 0 Å². The molecule has 3 atom stereocenters. The van der Waals surface area contributed by atoms with E-state index in [1.807, 2.05) is 35.2 Å². The van der Waals surface area contributed by atoms with Gasteiger partial charge in [0.1, 0.15) is 5.75 Å². The smallest absolute Gasteiger partial charge is 0.282 e. The zero-order valence-electron chi connectivity index (χ0n) is 18.3. The molecule has 31 heavy (non-hydrogen) atoms. The monoisotopic (exact) mass is 441 g/mol. The van der Waals surface area contributed by atoms with Crippen molar-refractivity contribution in [1.29, 1.82) is 0 Å². The van der Waals surface area contributed by atoms with E-state index < -0.39 is 5.79 Å². The molecular formula is C25H31NO4S. The Bertz CT molecular complexity index is 860. The van der Waals surface area contributed by atoms with E-state index in [2.05, 4.69) is 24.3 Å². The average Bonchev–Trinajstić information content (AvgIpc) is 3.19. The van der Waals surface area contributed by atoms with Crippen molar-refractivity contribution >= 4 is 17.0 Å². The maximum Gasteiger partial charge on any atom is 0.282 e. The summed E-state index contributed by atoms with van der Waals surface area (Å²) in [6.07, 6.45) is 4.96. The van der Waals surface area contributed by atoms with Crippen LogP contribution in [0.3, 0.4) is 0 Å². The molecule has 0 aromatic heterocycles. The Morgan fingerprint density at radius 3 is 2.58 bits per heavy atom. The third-order valence-corrected chi connectivity index (χ3v) is 7.32. The van der Waals surface area contributed by atoms with Crippen LogP contribution in [0, 0.1) is 0 Å². The zero-order chi connectivity index (χ0) is 21.7. The molecule has 0 radical (unpaired) electrons. The number of thioether (sulfide) groups is 1. The van der Waals surface area contributed by atoms with E-state index in [1.165, 1.54) is 17.3 Å². The molecule has 1 amide bonds. The predicted octanol–water partition coefficient (Wildman–Crippen LogP) is 5.28. The third-order valence-electron chi connectivity index (χ3n) is 6.36. The fourth-order valence-corrected chi connectivity index (χ4v) is 5.69. The van der Waals surface area contributed by atoms with Gasteiger partial charge >= 0.3 is 0 Å². The van der Waals surface area contributed by atoms with Gasteiger partial charge in [0, 0.05) is 25.8 Å². The SMILES string of the molecule is COc1ccc(CN2C(=O)SC[C@H]2[C@@]2(OC)CCC[C@H](CCc3ccccc3)O2)cc1. The van der Waals surface area contributed by atoms with Crippen LogP contribution in [-0.4, -0.2) is 48.0 Å². The Balaban J connectivity index is 1.46. The lowest BCUT2D eigenvalue weighted by atomic mass is 9.92. The summed E-state index contributed by atoms with van der Waals surface area (Å²) in [5.74, 6) is 0.757. The van der Waals surface area contributed by atoms with E-state index in [4.69, 9.17) is 14.2 Å². The van der Waals surface area contributed by atoms with E-state index in [0.29, 0.717) is 12.3 Å². The van der Waals surface area contributed by atoms with Gasteiger partial charge in [-0.15, -0.1) is 0 Å². The molecule has 166 valence electrons. The van der Waals surface area contributed by atoms with Gasteiger partial charge in [0.25, 0.3) is 5.24 Å². The number of benzene rings is 2. The number of ether oxygens (including phenoxy) is 3. The molecule has 2 aromatic carbocycles. The van der Waals surface area contributed by atoms with Gasteiger partial charge in [-0.1, -0.05) is 54.2 Å². The maximum absolute atomic E-state index is 12.8. The highest BCUT2D eigenvalue weighted by molar-refractivity contribution is 8.13. The number of rotatable bonds is 8. The Labute approximate surface area is 189 Å². The van der Waals surface area contributed by atoms with Gasteiger partial charge in [-0.05, 0) is 48.9 Å². The van der Waals surface area contributed by atoms with E-state index in [-0.39, 0.29) is 17.4 Å². The predicted molar refractivity (Wildman–Crippen MR) is 123 cm³/mol. The van der Waals surface area contributed by atoms with Crippen LogP contribution in [0.4, 0.5) is 4.79 Å². The molecular weight excluding hydrogens is 410 g/mol. The molecule has 2 aliphatic rings. The van der Waals surface area contributed by atoms with Gasteiger partial charge in [-0.2, -0.15) is 0 Å². The summed E-state index contributed by atoms with van der Waals surface area (Å²) >= 11 is 1.36. The lowest BCUT2D eigenvalue weighted by Gasteiger charge is -2.46. The summed E-state index contributed by atoms with van der Waals surface area (Å²) in [5, 5.41) is 0.0900. The van der Waals surface area contributed by atoms with Gasteiger partial charge < -0.3 is 19.1 Å². The second-order valence-electron chi connectivity index (χ2n) is 8.24. The van der Waals surface area contributed by atoms with E-state index in [1.54, 1.807) is 14.2 Å².